The molecule has 0 fully saturated rings. The Hall–Kier alpha value is -3.20. The number of carbonyl (C=O) groups excluding carboxylic acids is 1. The number of amides is 1. The third kappa shape index (κ3) is 6.90. The number of carbonyl (C=O) groups is 1. The van der Waals surface area contributed by atoms with Crippen molar-refractivity contribution in [3.63, 3.8) is 0 Å². The second kappa shape index (κ2) is 12.3. The van der Waals surface area contributed by atoms with E-state index in [1.807, 2.05) is 16.7 Å². The zero-order valence-electron chi connectivity index (χ0n) is 20.3. The summed E-state index contributed by atoms with van der Waals surface area (Å²) in [5, 5.41) is 12.2. The maximum atomic E-state index is 12.6. The van der Waals surface area contributed by atoms with Gasteiger partial charge in [-0.25, -0.2) is 0 Å². The van der Waals surface area contributed by atoms with Gasteiger partial charge < -0.3 is 24.1 Å². The van der Waals surface area contributed by atoms with Crippen LogP contribution in [0.2, 0.25) is 0 Å². The molecule has 0 aliphatic heterocycles. The smallest absolute Gasteiger partial charge is 0.234 e. The van der Waals surface area contributed by atoms with E-state index in [9.17, 15) is 4.79 Å². The fraction of sp³-hybridized carbons (Fsp3) is 0.400. The number of hydrogen-bond donors (Lipinski definition) is 1. The highest BCUT2D eigenvalue weighted by atomic mass is 32.2. The van der Waals surface area contributed by atoms with Crippen molar-refractivity contribution < 1.29 is 19.0 Å². The van der Waals surface area contributed by atoms with E-state index in [1.165, 1.54) is 17.3 Å². The minimum Gasteiger partial charge on any atom is -0.493 e. The van der Waals surface area contributed by atoms with Crippen molar-refractivity contribution in [2.75, 3.05) is 25.3 Å². The van der Waals surface area contributed by atoms with E-state index in [-0.39, 0.29) is 11.7 Å². The summed E-state index contributed by atoms with van der Waals surface area (Å²) in [7, 11) is 3.13. The monoisotopic (exact) mass is 484 g/mol. The van der Waals surface area contributed by atoms with Gasteiger partial charge in [-0.15, -0.1) is 10.2 Å². The van der Waals surface area contributed by atoms with Crippen molar-refractivity contribution in [1.29, 1.82) is 0 Å². The molecule has 3 aromatic rings. The number of ether oxygens (including phenoxy) is 3. The second-order valence-electron chi connectivity index (χ2n) is 8.10. The van der Waals surface area contributed by atoms with E-state index in [0.29, 0.717) is 34.9 Å². The van der Waals surface area contributed by atoms with E-state index >= 15 is 0 Å². The van der Waals surface area contributed by atoms with Gasteiger partial charge in [0.15, 0.2) is 22.5 Å². The van der Waals surface area contributed by atoms with Crippen molar-refractivity contribution in [1.82, 2.24) is 14.8 Å². The van der Waals surface area contributed by atoms with Crippen LogP contribution in [0.5, 0.6) is 17.2 Å². The Labute approximate surface area is 205 Å². The summed E-state index contributed by atoms with van der Waals surface area (Å²) in [5.41, 5.74) is 1.90. The van der Waals surface area contributed by atoms with Crippen LogP contribution in [0.15, 0.2) is 47.6 Å². The molecule has 2 aromatic carbocycles. The number of rotatable bonds is 12. The Kier molecular flexibility index (Phi) is 9.21. The van der Waals surface area contributed by atoms with Gasteiger partial charge in [-0.2, -0.15) is 0 Å². The van der Waals surface area contributed by atoms with Crippen LogP contribution < -0.4 is 19.5 Å². The zero-order chi connectivity index (χ0) is 24.5. The molecule has 0 unspecified atom stereocenters. The molecule has 8 nitrogen and oxygen atoms in total. The van der Waals surface area contributed by atoms with Gasteiger partial charge in [0.25, 0.3) is 0 Å². The molecule has 0 aliphatic rings. The van der Waals surface area contributed by atoms with Crippen molar-refractivity contribution >= 4 is 23.4 Å². The summed E-state index contributed by atoms with van der Waals surface area (Å²) >= 11 is 1.35. The standard InChI is InChI=1S/C25H32N4O4S/c1-6-18-7-10-20(11-8-18)33-15-23-27-28-25(29(23)14-17(2)3)34-16-24(30)26-19-9-12-21(31-4)22(13-19)32-5/h7-13,17H,6,14-16H2,1-5H3,(H,26,30). The van der Waals surface area contributed by atoms with Crippen LogP contribution in [-0.2, 0) is 24.4 Å². The first-order valence-electron chi connectivity index (χ1n) is 11.2. The highest BCUT2D eigenvalue weighted by molar-refractivity contribution is 7.99. The molecule has 0 saturated heterocycles. The molecule has 34 heavy (non-hydrogen) atoms. The molecular weight excluding hydrogens is 452 g/mol. The zero-order valence-corrected chi connectivity index (χ0v) is 21.1. The summed E-state index contributed by atoms with van der Waals surface area (Å²) in [6.45, 7) is 7.43. The van der Waals surface area contributed by atoms with Gasteiger partial charge in [-0.05, 0) is 42.2 Å². The van der Waals surface area contributed by atoms with Crippen molar-refractivity contribution in [2.45, 2.75) is 45.5 Å². The summed E-state index contributed by atoms with van der Waals surface area (Å²) in [4.78, 5) is 12.6. The maximum absolute atomic E-state index is 12.6. The van der Waals surface area contributed by atoms with Gasteiger partial charge in [0.05, 0.1) is 20.0 Å². The summed E-state index contributed by atoms with van der Waals surface area (Å²) < 4.78 is 18.5. The molecule has 0 saturated carbocycles. The van der Waals surface area contributed by atoms with E-state index in [1.54, 1.807) is 32.4 Å². The maximum Gasteiger partial charge on any atom is 0.234 e. The normalized spacial score (nSPS) is 10.9. The first-order chi connectivity index (χ1) is 16.4. The Morgan fingerprint density at radius 2 is 1.79 bits per heavy atom. The largest absolute Gasteiger partial charge is 0.493 e. The number of hydrogen-bond acceptors (Lipinski definition) is 7. The molecule has 0 radical (unpaired) electrons. The van der Waals surface area contributed by atoms with Crippen molar-refractivity contribution in [2.24, 2.45) is 5.92 Å². The molecule has 0 spiro atoms. The lowest BCUT2D eigenvalue weighted by Gasteiger charge is -2.13. The minimum atomic E-state index is -0.148. The second-order valence-corrected chi connectivity index (χ2v) is 9.04. The number of aromatic nitrogens is 3. The molecule has 1 aromatic heterocycles. The topological polar surface area (TPSA) is 87.5 Å². The van der Waals surface area contributed by atoms with E-state index < -0.39 is 0 Å². The van der Waals surface area contributed by atoms with Gasteiger partial charge in [-0.3, -0.25) is 4.79 Å². The van der Waals surface area contributed by atoms with E-state index in [0.717, 1.165) is 24.5 Å². The van der Waals surface area contributed by atoms with E-state index in [4.69, 9.17) is 14.2 Å². The predicted octanol–water partition coefficient (Wildman–Crippen LogP) is 4.82. The number of aryl methyl sites for hydroxylation is 1. The highest BCUT2D eigenvalue weighted by Crippen LogP contribution is 2.30. The number of nitrogens with one attached hydrogen (secondary N) is 1. The van der Waals surface area contributed by atoms with Crippen LogP contribution in [0.25, 0.3) is 0 Å². The fourth-order valence-electron chi connectivity index (χ4n) is 3.29. The SMILES string of the molecule is CCc1ccc(OCc2nnc(SCC(=O)Nc3ccc(OC)c(OC)c3)n2CC(C)C)cc1. The number of benzene rings is 2. The molecule has 1 amide bonds. The summed E-state index contributed by atoms with van der Waals surface area (Å²) in [6, 6.07) is 13.3. The minimum absolute atomic E-state index is 0.148. The van der Waals surface area contributed by atoms with Crippen LogP contribution in [0.4, 0.5) is 5.69 Å². The van der Waals surface area contributed by atoms with Gasteiger partial charge in [-0.1, -0.05) is 44.7 Å². The van der Waals surface area contributed by atoms with Crippen LogP contribution in [-0.4, -0.2) is 40.6 Å². The first kappa shape index (κ1) is 25.4. The Morgan fingerprint density at radius 1 is 1.06 bits per heavy atom. The van der Waals surface area contributed by atoms with Crippen molar-refractivity contribution in [3.8, 4) is 17.2 Å². The first-order valence-corrected chi connectivity index (χ1v) is 12.2. The van der Waals surface area contributed by atoms with Gasteiger partial charge in [0, 0.05) is 18.3 Å². The molecule has 1 N–H and O–H groups in total. The number of methoxy groups -OCH3 is 2. The van der Waals surface area contributed by atoms with Gasteiger partial charge >= 0.3 is 0 Å². The fourth-order valence-corrected chi connectivity index (χ4v) is 4.06. The lowest BCUT2D eigenvalue weighted by Crippen LogP contribution is -2.16. The third-order valence-corrected chi connectivity index (χ3v) is 6.01. The molecule has 0 aliphatic carbocycles. The number of thioether (sulfide) groups is 1. The molecule has 9 heteroatoms. The average Bonchev–Trinajstić information content (AvgIpc) is 3.22. The molecule has 182 valence electrons. The van der Waals surface area contributed by atoms with Crippen molar-refractivity contribution in [3.05, 3.63) is 53.9 Å². The Balaban J connectivity index is 1.63. The summed E-state index contributed by atoms with van der Waals surface area (Å²) in [5.74, 6) is 3.12. The quantitative estimate of drug-likeness (QED) is 0.369. The Morgan fingerprint density at radius 3 is 2.44 bits per heavy atom. The lowest BCUT2D eigenvalue weighted by molar-refractivity contribution is -0.113. The highest BCUT2D eigenvalue weighted by Gasteiger charge is 2.16. The molecule has 3 rings (SSSR count). The Bertz CT molecular complexity index is 1080. The molecule has 0 bridgehead atoms. The molecule has 1 heterocycles. The molecule has 0 atom stereocenters. The third-order valence-electron chi connectivity index (χ3n) is 5.04. The number of nitrogens with zero attached hydrogens (tertiary/aromatic N) is 3. The van der Waals surface area contributed by atoms with Gasteiger partial charge in [0.2, 0.25) is 5.91 Å². The van der Waals surface area contributed by atoms with Crippen LogP contribution in [0.3, 0.4) is 0 Å². The lowest BCUT2D eigenvalue weighted by atomic mass is 10.2. The van der Waals surface area contributed by atoms with Gasteiger partial charge in [0.1, 0.15) is 12.4 Å². The summed E-state index contributed by atoms with van der Waals surface area (Å²) in [6.07, 6.45) is 0.989. The van der Waals surface area contributed by atoms with E-state index in [2.05, 4.69) is 48.4 Å². The van der Waals surface area contributed by atoms with Crippen LogP contribution in [0.1, 0.15) is 32.2 Å². The predicted molar refractivity (Wildman–Crippen MR) is 134 cm³/mol. The van der Waals surface area contributed by atoms with Crippen LogP contribution in [0, 0.1) is 5.92 Å². The van der Waals surface area contributed by atoms with Crippen LogP contribution >= 0.6 is 11.8 Å². The average molecular weight is 485 g/mol. The molecular formula is C25H32N4O4S. The number of anilines is 1.